The van der Waals surface area contributed by atoms with Crippen LogP contribution in [0.15, 0.2) is 30.9 Å². The molecule has 0 aromatic carbocycles. The van der Waals surface area contributed by atoms with Crippen molar-refractivity contribution >= 4 is 21.6 Å². The molecule has 0 atom stereocenters. The van der Waals surface area contributed by atoms with Gasteiger partial charge >= 0.3 is 0 Å². The largest absolute Gasteiger partial charge is 0.286 e. The van der Waals surface area contributed by atoms with Crippen molar-refractivity contribution in [2.45, 2.75) is 19.4 Å². The van der Waals surface area contributed by atoms with Crippen molar-refractivity contribution < 1.29 is 4.39 Å². The van der Waals surface area contributed by atoms with Crippen LogP contribution in [0.25, 0.3) is 0 Å². The maximum atomic E-state index is 11.3. The van der Waals surface area contributed by atoms with Crippen LogP contribution >= 0.6 is 0 Å². The van der Waals surface area contributed by atoms with Gasteiger partial charge in [0.2, 0.25) is 0 Å². The zero-order valence-electron chi connectivity index (χ0n) is 8.36. The fourth-order valence-corrected chi connectivity index (χ4v) is 0.674. The third-order valence-corrected chi connectivity index (χ3v) is 1.31. The number of H-pyrrole nitrogens is 1. The Morgan fingerprint density at radius 2 is 2.36 bits per heavy atom. The first kappa shape index (κ1) is 13.1. The molecule has 71 valence electrons. The van der Waals surface area contributed by atoms with Gasteiger partial charge in [0.05, 0.1) is 27.9 Å². The number of nitrogens with zero attached hydrogens (tertiary/aromatic N) is 1. The lowest BCUT2D eigenvalue weighted by atomic mass is 9.32. The summed E-state index contributed by atoms with van der Waals surface area (Å²) in [7, 11) is 6.01. The number of rotatable bonds is 5. The van der Waals surface area contributed by atoms with Crippen LogP contribution in [0.3, 0.4) is 0 Å². The summed E-state index contributed by atoms with van der Waals surface area (Å²) >= 11 is 0. The first-order valence-electron chi connectivity index (χ1n) is 4.53. The average Bonchev–Trinajstić information content (AvgIpc) is 2.76. The average molecular weight is 189 g/mol. The van der Waals surface area contributed by atoms with Gasteiger partial charge in [0, 0.05) is 12.4 Å². The molecule has 0 bridgehead atoms. The van der Waals surface area contributed by atoms with Crippen LogP contribution < -0.4 is 0 Å². The van der Waals surface area contributed by atoms with Crippen molar-refractivity contribution in [3.63, 3.8) is 0 Å². The number of halogens is 1. The van der Waals surface area contributed by atoms with Gasteiger partial charge in [-0.15, -0.1) is 6.22 Å². The SMILES string of the molecule is C[B]C[B][B]CC=CF.c1cn[nH]c1. The first-order chi connectivity index (χ1) is 6.91. The van der Waals surface area contributed by atoms with Crippen LogP contribution in [0.2, 0.25) is 19.4 Å². The molecule has 0 amide bonds. The highest BCUT2D eigenvalue weighted by molar-refractivity contribution is 7.03. The predicted molar refractivity (Wildman–Crippen MR) is 61.6 cm³/mol. The topological polar surface area (TPSA) is 28.7 Å². The molecule has 0 aliphatic carbocycles. The number of aromatic amines is 1. The summed E-state index contributed by atoms with van der Waals surface area (Å²) < 4.78 is 11.3. The lowest BCUT2D eigenvalue weighted by Gasteiger charge is -1.87. The highest BCUT2D eigenvalue weighted by Crippen LogP contribution is 1.83. The van der Waals surface area contributed by atoms with Gasteiger partial charge in [-0.25, -0.2) is 4.39 Å². The summed E-state index contributed by atoms with van der Waals surface area (Å²) in [5.41, 5.74) is 0. The molecule has 1 heterocycles. The summed E-state index contributed by atoms with van der Waals surface area (Å²) in [6, 6.07) is 1.83. The molecule has 0 unspecified atom stereocenters. The second-order valence-electron chi connectivity index (χ2n) is 2.48. The fraction of sp³-hybridized carbons (Fsp3) is 0.375. The van der Waals surface area contributed by atoms with E-state index in [1.807, 2.05) is 27.2 Å². The lowest BCUT2D eigenvalue weighted by Crippen LogP contribution is -2.03. The molecular formula is C8H13B3FN2. The molecule has 1 aromatic rings. The quantitative estimate of drug-likeness (QED) is 0.554. The summed E-state index contributed by atoms with van der Waals surface area (Å²) in [6.07, 6.45) is 7.18. The van der Waals surface area contributed by atoms with E-state index in [4.69, 9.17) is 0 Å². The van der Waals surface area contributed by atoms with E-state index in [0.29, 0.717) is 12.6 Å². The van der Waals surface area contributed by atoms with Gasteiger partial charge in [-0.1, -0.05) is 19.2 Å². The van der Waals surface area contributed by atoms with Crippen molar-refractivity contribution in [2.75, 3.05) is 0 Å². The van der Waals surface area contributed by atoms with Crippen LogP contribution in [0.1, 0.15) is 0 Å². The smallest absolute Gasteiger partial charge is 0.0959 e. The molecule has 6 heteroatoms. The molecule has 0 spiro atoms. The summed E-state index contributed by atoms with van der Waals surface area (Å²) in [6.45, 7) is 2.00. The summed E-state index contributed by atoms with van der Waals surface area (Å²) in [5.74, 6) is 0. The van der Waals surface area contributed by atoms with E-state index in [0.717, 1.165) is 6.22 Å². The number of hydrogen-bond donors (Lipinski definition) is 1. The Hall–Kier alpha value is -0.925. The first-order valence-corrected chi connectivity index (χ1v) is 4.53. The molecule has 0 fully saturated rings. The molecule has 2 nitrogen and oxygen atoms in total. The maximum Gasteiger partial charge on any atom is 0.0959 e. The predicted octanol–water partition coefficient (Wildman–Crippen LogP) is 1.75. The minimum absolute atomic E-state index is 0.569. The molecule has 1 N–H and O–H groups in total. The van der Waals surface area contributed by atoms with Gasteiger partial charge in [0.25, 0.3) is 0 Å². The van der Waals surface area contributed by atoms with Gasteiger partial charge in [0.15, 0.2) is 0 Å². The van der Waals surface area contributed by atoms with Gasteiger partial charge < -0.3 is 0 Å². The Bertz CT molecular complexity index is 187. The van der Waals surface area contributed by atoms with Crippen molar-refractivity contribution in [1.29, 1.82) is 0 Å². The summed E-state index contributed by atoms with van der Waals surface area (Å²) in [5, 5.41) is 6.21. The highest BCUT2D eigenvalue weighted by Gasteiger charge is 1.87. The summed E-state index contributed by atoms with van der Waals surface area (Å²) in [4.78, 5) is 0. The second kappa shape index (κ2) is 12.1. The molecule has 3 radical (unpaired) electrons. The van der Waals surface area contributed by atoms with Crippen molar-refractivity contribution in [3.05, 3.63) is 30.9 Å². The molecule has 0 saturated carbocycles. The van der Waals surface area contributed by atoms with Crippen LogP contribution in [-0.2, 0) is 0 Å². The molecule has 0 aliphatic heterocycles. The third kappa shape index (κ3) is 11.1. The minimum atomic E-state index is 0.569. The van der Waals surface area contributed by atoms with E-state index in [2.05, 4.69) is 17.5 Å². The molecule has 0 saturated heterocycles. The van der Waals surface area contributed by atoms with E-state index in [9.17, 15) is 4.39 Å². The Morgan fingerprint density at radius 1 is 1.50 bits per heavy atom. The molecule has 1 rings (SSSR count). The van der Waals surface area contributed by atoms with Crippen molar-refractivity contribution in [1.82, 2.24) is 10.2 Å². The molecule has 14 heavy (non-hydrogen) atoms. The van der Waals surface area contributed by atoms with Crippen LogP contribution in [0.4, 0.5) is 4.39 Å². The van der Waals surface area contributed by atoms with Crippen LogP contribution in [0, 0.1) is 0 Å². The third-order valence-electron chi connectivity index (χ3n) is 1.31. The molecule has 0 aliphatic rings. The Kier molecular flexibility index (Phi) is 11.3. The minimum Gasteiger partial charge on any atom is -0.286 e. The monoisotopic (exact) mass is 189 g/mol. The van der Waals surface area contributed by atoms with Crippen LogP contribution in [0.5, 0.6) is 0 Å². The zero-order chi connectivity index (χ0) is 10.5. The van der Waals surface area contributed by atoms with Gasteiger partial charge in [-0.3, -0.25) is 5.10 Å². The molecular weight excluding hydrogens is 176 g/mol. The Balaban J connectivity index is 0.000000280. The number of allylic oxidation sites excluding steroid dienone is 1. The maximum absolute atomic E-state index is 11.3. The Labute approximate surface area is 87.1 Å². The van der Waals surface area contributed by atoms with E-state index in [1.165, 1.54) is 6.08 Å². The normalized spacial score (nSPS) is 9.00. The highest BCUT2D eigenvalue weighted by atomic mass is 19.1. The van der Waals surface area contributed by atoms with E-state index in [1.54, 1.807) is 12.4 Å². The van der Waals surface area contributed by atoms with Gasteiger partial charge in [-0.05, 0) is 6.07 Å². The van der Waals surface area contributed by atoms with E-state index in [-0.39, 0.29) is 0 Å². The second-order valence-corrected chi connectivity index (χ2v) is 2.48. The zero-order valence-corrected chi connectivity index (χ0v) is 8.36. The number of aromatic nitrogens is 2. The van der Waals surface area contributed by atoms with Gasteiger partial charge in [-0.2, -0.15) is 5.10 Å². The van der Waals surface area contributed by atoms with Gasteiger partial charge in [0.1, 0.15) is 0 Å². The Morgan fingerprint density at radius 3 is 2.79 bits per heavy atom. The van der Waals surface area contributed by atoms with Crippen molar-refractivity contribution in [2.24, 2.45) is 0 Å². The van der Waals surface area contributed by atoms with Crippen LogP contribution in [-0.4, -0.2) is 31.8 Å². The molecule has 1 aromatic heterocycles. The number of nitrogens with one attached hydrogen (secondary N) is 1. The van der Waals surface area contributed by atoms with Crippen molar-refractivity contribution in [3.8, 4) is 0 Å². The van der Waals surface area contributed by atoms with E-state index < -0.39 is 0 Å². The number of hydrogen-bond acceptors (Lipinski definition) is 1. The standard InChI is InChI=1S/C5H9B3F.C3H4N2/c1-6-5-8-7-3-2-4-9;1-2-4-5-3-1/h2,4H,3,5H2,1H3;1-3H,(H,4,5). The van der Waals surface area contributed by atoms with E-state index >= 15 is 0 Å². The lowest BCUT2D eigenvalue weighted by molar-refractivity contribution is 0.719. The fourth-order valence-electron chi connectivity index (χ4n) is 0.674.